The van der Waals surface area contributed by atoms with Gasteiger partial charge in [-0.25, -0.2) is 9.97 Å². The number of nitrogens with one attached hydrogen (secondary N) is 1. The van der Waals surface area contributed by atoms with E-state index in [4.69, 9.17) is 15.9 Å². The van der Waals surface area contributed by atoms with Crippen molar-refractivity contribution in [2.75, 3.05) is 31.1 Å². The number of anilines is 1. The number of aromatic nitrogens is 2. The van der Waals surface area contributed by atoms with Crippen LogP contribution >= 0.6 is 0 Å². The highest BCUT2D eigenvalue weighted by atomic mass is 16.5. The number of rotatable bonds is 6. The standard InChI is InChI=1S/C22H32N6O/c1-4-27-9-10-28(13-15(27)2)20-12-19(25-14-26-20)21(24)17-11-16(5-6-18(17)23)29-22(3)7-8-22/h11-12,14-15,24H,4-10,13,23H2,1-3H3/t15-/m0/s1. The molecule has 4 rings (SSSR count). The van der Waals surface area contributed by atoms with Crippen molar-refractivity contribution < 1.29 is 4.74 Å². The Balaban J connectivity index is 1.52. The summed E-state index contributed by atoms with van der Waals surface area (Å²) in [5.74, 6) is 1.81. The van der Waals surface area contributed by atoms with Crippen LogP contribution in [-0.4, -0.2) is 58.4 Å². The second-order valence-electron chi connectivity index (χ2n) is 8.66. The summed E-state index contributed by atoms with van der Waals surface area (Å²) in [5.41, 5.74) is 8.65. The minimum atomic E-state index is -0.0232. The molecular formula is C22H32N6O. The first-order valence-corrected chi connectivity index (χ1v) is 10.7. The van der Waals surface area contributed by atoms with Crippen molar-refractivity contribution in [1.29, 1.82) is 5.41 Å². The minimum absolute atomic E-state index is 0.0232. The van der Waals surface area contributed by atoms with Crippen molar-refractivity contribution in [1.82, 2.24) is 14.9 Å². The Hall–Kier alpha value is -2.41. The Morgan fingerprint density at radius 1 is 1.31 bits per heavy atom. The average Bonchev–Trinajstić information content (AvgIpc) is 3.45. The second-order valence-corrected chi connectivity index (χ2v) is 8.66. The summed E-state index contributed by atoms with van der Waals surface area (Å²) in [4.78, 5) is 13.6. The molecule has 1 saturated carbocycles. The maximum atomic E-state index is 8.75. The molecule has 1 aromatic rings. The van der Waals surface area contributed by atoms with Gasteiger partial charge in [0, 0.05) is 49.4 Å². The zero-order valence-corrected chi connectivity index (χ0v) is 17.7. The zero-order chi connectivity index (χ0) is 20.6. The molecule has 0 unspecified atom stereocenters. The SMILES string of the molecule is CCN1CCN(c2cc(C(=N)C3=C(N)CCC(OC4(C)CC4)=C3)ncn2)C[C@@H]1C. The van der Waals surface area contributed by atoms with Gasteiger partial charge in [0.15, 0.2) is 0 Å². The van der Waals surface area contributed by atoms with Crippen LogP contribution in [0.1, 0.15) is 52.1 Å². The van der Waals surface area contributed by atoms with E-state index in [9.17, 15) is 0 Å². The number of nitrogens with two attached hydrogens (primary N) is 1. The van der Waals surface area contributed by atoms with Gasteiger partial charge < -0.3 is 15.4 Å². The molecule has 156 valence electrons. The van der Waals surface area contributed by atoms with Gasteiger partial charge in [0.25, 0.3) is 0 Å². The van der Waals surface area contributed by atoms with Crippen LogP contribution < -0.4 is 10.6 Å². The first-order valence-electron chi connectivity index (χ1n) is 10.7. The molecule has 0 spiro atoms. The van der Waals surface area contributed by atoms with Crippen LogP contribution in [0.15, 0.2) is 35.5 Å². The van der Waals surface area contributed by atoms with Gasteiger partial charge in [-0.2, -0.15) is 0 Å². The molecule has 3 N–H and O–H groups in total. The van der Waals surface area contributed by atoms with Crippen LogP contribution in [-0.2, 0) is 4.74 Å². The Labute approximate surface area is 173 Å². The summed E-state index contributed by atoms with van der Waals surface area (Å²) >= 11 is 0. The van der Waals surface area contributed by atoms with E-state index < -0.39 is 0 Å². The molecule has 3 aliphatic rings. The smallest absolute Gasteiger partial charge is 0.132 e. The highest BCUT2D eigenvalue weighted by Gasteiger charge is 2.40. The van der Waals surface area contributed by atoms with Gasteiger partial charge >= 0.3 is 0 Å². The van der Waals surface area contributed by atoms with Gasteiger partial charge in [-0.1, -0.05) is 6.92 Å². The van der Waals surface area contributed by atoms with Crippen molar-refractivity contribution in [3.8, 4) is 0 Å². The molecule has 0 radical (unpaired) electrons. The molecule has 2 aliphatic carbocycles. The van der Waals surface area contributed by atoms with Gasteiger partial charge in [-0.15, -0.1) is 0 Å². The van der Waals surface area contributed by atoms with Gasteiger partial charge in [0.1, 0.15) is 17.7 Å². The molecular weight excluding hydrogens is 364 g/mol. The van der Waals surface area contributed by atoms with Crippen LogP contribution in [0.4, 0.5) is 5.82 Å². The molecule has 2 fully saturated rings. The van der Waals surface area contributed by atoms with Crippen LogP contribution in [0.3, 0.4) is 0 Å². The van der Waals surface area contributed by atoms with E-state index in [-0.39, 0.29) is 5.60 Å². The minimum Gasteiger partial charge on any atom is -0.492 e. The third kappa shape index (κ3) is 4.29. The van der Waals surface area contributed by atoms with Crippen LogP contribution in [0.25, 0.3) is 0 Å². The molecule has 1 aliphatic heterocycles. The average molecular weight is 397 g/mol. The largest absolute Gasteiger partial charge is 0.492 e. The maximum absolute atomic E-state index is 8.75. The Kier molecular flexibility index (Phi) is 5.34. The lowest BCUT2D eigenvalue weighted by molar-refractivity contribution is 0.103. The van der Waals surface area contributed by atoms with Crippen LogP contribution in [0.2, 0.25) is 0 Å². The van der Waals surface area contributed by atoms with Gasteiger partial charge in [0.2, 0.25) is 0 Å². The zero-order valence-electron chi connectivity index (χ0n) is 17.7. The molecule has 2 heterocycles. The highest BCUT2D eigenvalue weighted by Crippen LogP contribution is 2.42. The van der Waals surface area contributed by atoms with Crippen molar-refractivity contribution in [2.24, 2.45) is 5.73 Å². The van der Waals surface area contributed by atoms with E-state index in [1.807, 2.05) is 12.1 Å². The lowest BCUT2D eigenvalue weighted by atomic mass is 9.96. The molecule has 7 heteroatoms. The molecule has 0 aromatic carbocycles. The fourth-order valence-corrected chi connectivity index (χ4v) is 4.09. The molecule has 29 heavy (non-hydrogen) atoms. The number of hydrogen-bond acceptors (Lipinski definition) is 7. The maximum Gasteiger partial charge on any atom is 0.132 e. The first kappa shape index (κ1) is 19.9. The normalized spacial score (nSPS) is 24.3. The monoisotopic (exact) mass is 396 g/mol. The lowest BCUT2D eigenvalue weighted by Gasteiger charge is -2.39. The number of ether oxygens (including phenoxy) is 1. The third-order valence-electron chi connectivity index (χ3n) is 6.30. The number of piperazine rings is 1. The van der Waals surface area contributed by atoms with Crippen molar-refractivity contribution in [3.05, 3.63) is 41.2 Å². The van der Waals surface area contributed by atoms with Crippen LogP contribution in [0, 0.1) is 5.41 Å². The quantitative estimate of drug-likeness (QED) is 0.719. The topological polar surface area (TPSA) is 91.4 Å². The van der Waals surface area contributed by atoms with Gasteiger partial charge in [-0.3, -0.25) is 10.3 Å². The Morgan fingerprint density at radius 2 is 2.10 bits per heavy atom. The molecule has 1 aromatic heterocycles. The number of nitrogens with zero attached hydrogens (tertiary/aromatic N) is 4. The number of likely N-dealkylation sites (N-methyl/N-ethyl adjacent to an activating group) is 1. The van der Waals surface area contributed by atoms with E-state index in [2.05, 4.69) is 40.5 Å². The Morgan fingerprint density at radius 3 is 2.79 bits per heavy atom. The molecule has 0 bridgehead atoms. The Bertz CT molecular complexity index is 857. The molecule has 1 atom stereocenters. The van der Waals surface area contributed by atoms with Gasteiger partial charge in [0.05, 0.1) is 17.2 Å². The fraction of sp³-hybridized carbons (Fsp3) is 0.591. The summed E-state index contributed by atoms with van der Waals surface area (Å²) in [6.45, 7) is 10.5. The summed E-state index contributed by atoms with van der Waals surface area (Å²) in [5, 5.41) is 8.75. The fourth-order valence-electron chi connectivity index (χ4n) is 4.09. The third-order valence-corrected chi connectivity index (χ3v) is 6.30. The van der Waals surface area contributed by atoms with Crippen molar-refractivity contribution >= 4 is 11.5 Å². The first-order chi connectivity index (χ1) is 13.9. The highest BCUT2D eigenvalue weighted by molar-refractivity contribution is 6.12. The van der Waals surface area contributed by atoms with Crippen molar-refractivity contribution in [2.45, 2.75) is 58.1 Å². The van der Waals surface area contributed by atoms with E-state index in [1.165, 1.54) is 0 Å². The van der Waals surface area contributed by atoms with E-state index in [0.29, 0.717) is 23.9 Å². The van der Waals surface area contributed by atoms with E-state index >= 15 is 0 Å². The summed E-state index contributed by atoms with van der Waals surface area (Å²) in [6, 6.07) is 2.40. The van der Waals surface area contributed by atoms with Crippen LogP contribution in [0.5, 0.6) is 0 Å². The predicted molar refractivity (Wildman–Crippen MR) is 115 cm³/mol. The van der Waals surface area contributed by atoms with E-state index in [1.54, 1.807) is 6.33 Å². The van der Waals surface area contributed by atoms with E-state index in [0.717, 1.165) is 68.3 Å². The number of allylic oxidation sites excluding steroid dienone is 4. The second kappa shape index (κ2) is 7.78. The lowest BCUT2D eigenvalue weighted by Crippen LogP contribution is -2.52. The number of hydrogen-bond donors (Lipinski definition) is 2. The molecule has 1 saturated heterocycles. The summed E-state index contributed by atoms with van der Waals surface area (Å²) in [6.07, 6.45) is 7.20. The van der Waals surface area contributed by atoms with Crippen molar-refractivity contribution in [3.63, 3.8) is 0 Å². The van der Waals surface area contributed by atoms with Gasteiger partial charge in [-0.05, 0) is 45.7 Å². The summed E-state index contributed by atoms with van der Waals surface area (Å²) in [7, 11) is 0. The molecule has 7 nitrogen and oxygen atoms in total. The predicted octanol–water partition coefficient (Wildman–Crippen LogP) is 2.83. The molecule has 0 amide bonds. The summed E-state index contributed by atoms with van der Waals surface area (Å²) < 4.78 is 6.13.